The summed E-state index contributed by atoms with van der Waals surface area (Å²) >= 11 is 0. The first kappa shape index (κ1) is 12.1. The van der Waals surface area contributed by atoms with Gasteiger partial charge in [-0.25, -0.2) is 4.79 Å². The Morgan fingerprint density at radius 1 is 1.11 bits per heavy atom. The number of carbonyl (C=O) groups excluding carboxylic acids is 1. The Morgan fingerprint density at radius 2 is 1.83 bits per heavy atom. The number of benzene rings is 2. The minimum Gasteiger partial charge on any atom is -0.465 e. The number of hydrogen-bond acceptors (Lipinski definition) is 2. The highest BCUT2D eigenvalue weighted by atomic mass is 16.5. The van der Waals surface area contributed by atoms with Gasteiger partial charge >= 0.3 is 5.97 Å². The van der Waals surface area contributed by atoms with Crippen LogP contribution in [0.1, 0.15) is 15.9 Å². The van der Waals surface area contributed by atoms with E-state index in [1.54, 1.807) is 6.08 Å². The van der Waals surface area contributed by atoms with Gasteiger partial charge in [-0.3, -0.25) is 0 Å². The molecule has 0 bridgehead atoms. The molecule has 0 spiro atoms. The Kier molecular flexibility index (Phi) is 3.58. The highest BCUT2D eigenvalue weighted by Crippen LogP contribution is 2.23. The predicted molar refractivity (Wildman–Crippen MR) is 73.3 cm³/mol. The third-order valence-corrected chi connectivity index (χ3v) is 2.79. The third kappa shape index (κ3) is 2.33. The van der Waals surface area contributed by atoms with Crippen molar-refractivity contribution < 1.29 is 9.53 Å². The first-order valence-electron chi connectivity index (χ1n) is 5.66. The van der Waals surface area contributed by atoms with Crippen molar-refractivity contribution in [1.29, 1.82) is 0 Å². The summed E-state index contributed by atoms with van der Waals surface area (Å²) in [6.07, 6.45) is 1.65. The molecule has 0 saturated carbocycles. The van der Waals surface area contributed by atoms with Gasteiger partial charge in [-0.05, 0) is 22.8 Å². The SMILES string of the molecule is C=Cc1ccc(-c2ccccc2)cc1C(=O)OC. The largest absolute Gasteiger partial charge is 0.465 e. The summed E-state index contributed by atoms with van der Waals surface area (Å²) in [4.78, 5) is 11.7. The van der Waals surface area contributed by atoms with E-state index in [1.807, 2.05) is 48.5 Å². The zero-order valence-electron chi connectivity index (χ0n) is 10.2. The van der Waals surface area contributed by atoms with Crippen molar-refractivity contribution in [3.63, 3.8) is 0 Å². The molecule has 0 heterocycles. The highest BCUT2D eigenvalue weighted by Gasteiger charge is 2.11. The maximum Gasteiger partial charge on any atom is 0.338 e. The topological polar surface area (TPSA) is 26.3 Å². The second-order valence-corrected chi connectivity index (χ2v) is 3.86. The lowest BCUT2D eigenvalue weighted by Crippen LogP contribution is -2.03. The van der Waals surface area contributed by atoms with Crippen LogP contribution in [0.3, 0.4) is 0 Å². The molecule has 0 amide bonds. The quantitative estimate of drug-likeness (QED) is 0.760. The Labute approximate surface area is 107 Å². The van der Waals surface area contributed by atoms with E-state index in [1.165, 1.54) is 7.11 Å². The Morgan fingerprint density at radius 3 is 2.44 bits per heavy atom. The van der Waals surface area contributed by atoms with Gasteiger partial charge in [0.05, 0.1) is 12.7 Å². The van der Waals surface area contributed by atoms with Crippen molar-refractivity contribution in [2.75, 3.05) is 7.11 Å². The van der Waals surface area contributed by atoms with Crippen molar-refractivity contribution >= 4 is 12.0 Å². The van der Waals surface area contributed by atoms with Gasteiger partial charge < -0.3 is 4.74 Å². The molecule has 18 heavy (non-hydrogen) atoms. The molecule has 0 fully saturated rings. The van der Waals surface area contributed by atoms with Crippen LogP contribution in [0.4, 0.5) is 0 Å². The Bertz CT molecular complexity index is 571. The van der Waals surface area contributed by atoms with Crippen LogP contribution < -0.4 is 0 Å². The van der Waals surface area contributed by atoms with Gasteiger partial charge in [0.1, 0.15) is 0 Å². The smallest absolute Gasteiger partial charge is 0.338 e. The number of esters is 1. The molecule has 2 aromatic rings. The van der Waals surface area contributed by atoms with E-state index in [-0.39, 0.29) is 5.97 Å². The summed E-state index contributed by atoms with van der Waals surface area (Å²) in [7, 11) is 1.38. The van der Waals surface area contributed by atoms with Gasteiger partial charge in [0.25, 0.3) is 0 Å². The Hall–Kier alpha value is -2.35. The number of ether oxygens (including phenoxy) is 1. The molecule has 0 atom stereocenters. The third-order valence-electron chi connectivity index (χ3n) is 2.79. The standard InChI is InChI=1S/C16H14O2/c1-3-12-9-10-14(11-15(12)16(17)18-2)13-7-5-4-6-8-13/h3-11H,1H2,2H3. The summed E-state index contributed by atoms with van der Waals surface area (Å²) in [5.74, 6) is -0.345. The van der Waals surface area contributed by atoms with Gasteiger partial charge in [-0.15, -0.1) is 0 Å². The van der Waals surface area contributed by atoms with Gasteiger partial charge in [0, 0.05) is 0 Å². The number of rotatable bonds is 3. The highest BCUT2D eigenvalue weighted by molar-refractivity contribution is 5.95. The minimum absolute atomic E-state index is 0.345. The molecule has 2 rings (SSSR count). The molecule has 2 aromatic carbocycles. The van der Waals surface area contributed by atoms with E-state index in [2.05, 4.69) is 6.58 Å². The van der Waals surface area contributed by atoms with Crippen LogP contribution >= 0.6 is 0 Å². The zero-order chi connectivity index (χ0) is 13.0. The molecule has 0 radical (unpaired) electrons. The van der Waals surface area contributed by atoms with Crippen LogP contribution in [-0.2, 0) is 4.74 Å². The normalized spacial score (nSPS) is 9.83. The molecular formula is C16H14O2. The van der Waals surface area contributed by atoms with Crippen LogP contribution in [0.2, 0.25) is 0 Å². The van der Waals surface area contributed by atoms with E-state index < -0.39 is 0 Å². The van der Waals surface area contributed by atoms with E-state index in [9.17, 15) is 4.79 Å². The molecule has 2 heteroatoms. The van der Waals surface area contributed by atoms with E-state index in [4.69, 9.17) is 4.74 Å². The zero-order valence-corrected chi connectivity index (χ0v) is 10.2. The monoisotopic (exact) mass is 238 g/mol. The number of carbonyl (C=O) groups is 1. The average Bonchev–Trinajstić information content (AvgIpc) is 2.46. The lowest BCUT2D eigenvalue weighted by molar-refractivity contribution is 0.0600. The van der Waals surface area contributed by atoms with Crippen LogP contribution in [-0.4, -0.2) is 13.1 Å². The summed E-state index contributed by atoms with van der Waals surface area (Å²) in [5.41, 5.74) is 3.37. The van der Waals surface area contributed by atoms with Crippen molar-refractivity contribution in [2.45, 2.75) is 0 Å². The van der Waals surface area contributed by atoms with Crippen molar-refractivity contribution in [3.8, 4) is 11.1 Å². The summed E-state index contributed by atoms with van der Waals surface area (Å²) < 4.78 is 4.78. The molecule has 0 aliphatic rings. The second-order valence-electron chi connectivity index (χ2n) is 3.86. The summed E-state index contributed by atoms with van der Waals surface area (Å²) in [5, 5.41) is 0. The fourth-order valence-corrected chi connectivity index (χ4v) is 1.83. The molecule has 2 nitrogen and oxygen atoms in total. The fraction of sp³-hybridized carbons (Fsp3) is 0.0625. The predicted octanol–water partition coefficient (Wildman–Crippen LogP) is 3.78. The fourth-order valence-electron chi connectivity index (χ4n) is 1.83. The lowest BCUT2D eigenvalue weighted by atomic mass is 9.99. The van der Waals surface area contributed by atoms with Crippen LogP contribution in [0.15, 0.2) is 55.1 Å². The molecule has 0 aliphatic heterocycles. The van der Waals surface area contributed by atoms with Crippen molar-refractivity contribution in [3.05, 3.63) is 66.2 Å². The number of methoxy groups -OCH3 is 1. The number of hydrogen-bond donors (Lipinski definition) is 0. The maximum absolute atomic E-state index is 11.7. The summed E-state index contributed by atoms with van der Waals surface area (Å²) in [6, 6.07) is 15.6. The maximum atomic E-state index is 11.7. The molecule has 0 N–H and O–H groups in total. The molecular weight excluding hydrogens is 224 g/mol. The molecule has 0 unspecified atom stereocenters. The van der Waals surface area contributed by atoms with Crippen LogP contribution in [0.25, 0.3) is 17.2 Å². The second kappa shape index (κ2) is 5.32. The van der Waals surface area contributed by atoms with Crippen LogP contribution in [0.5, 0.6) is 0 Å². The molecule has 0 saturated heterocycles. The first-order valence-corrected chi connectivity index (χ1v) is 5.66. The van der Waals surface area contributed by atoms with Crippen molar-refractivity contribution in [1.82, 2.24) is 0 Å². The van der Waals surface area contributed by atoms with Gasteiger partial charge in [-0.1, -0.05) is 55.1 Å². The first-order chi connectivity index (χ1) is 8.76. The van der Waals surface area contributed by atoms with Gasteiger partial charge in [-0.2, -0.15) is 0 Å². The van der Waals surface area contributed by atoms with Crippen LogP contribution in [0, 0.1) is 0 Å². The lowest BCUT2D eigenvalue weighted by Gasteiger charge is -2.07. The van der Waals surface area contributed by atoms with Gasteiger partial charge in [0.15, 0.2) is 0 Å². The molecule has 0 aliphatic carbocycles. The van der Waals surface area contributed by atoms with E-state index >= 15 is 0 Å². The van der Waals surface area contributed by atoms with E-state index in [0.29, 0.717) is 5.56 Å². The molecule has 0 aromatic heterocycles. The van der Waals surface area contributed by atoms with Crippen molar-refractivity contribution in [2.24, 2.45) is 0 Å². The molecule has 90 valence electrons. The summed E-state index contributed by atoms with van der Waals surface area (Å²) in [6.45, 7) is 3.70. The van der Waals surface area contributed by atoms with E-state index in [0.717, 1.165) is 16.7 Å². The van der Waals surface area contributed by atoms with Gasteiger partial charge in [0.2, 0.25) is 0 Å². The Balaban J connectivity index is 2.53. The average molecular weight is 238 g/mol. The minimum atomic E-state index is -0.345.